The molecule has 1 aliphatic carbocycles. The SMILES string of the molecule is CNC1(CN)CCCCC1. The molecular formula is C8H18N2. The second-order valence-corrected chi connectivity index (χ2v) is 3.30. The number of hydrogen-bond donors (Lipinski definition) is 2. The van der Waals surface area contributed by atoms with E-state index in [9.17, 15) is 0 Å². The second-order valence-electron chi connectivity index (χ2n) is 3.30. The van der Waals surface area contributed by atoms with Crippen molar-refractivity contribution in [2.45, 2.75) is 37.6 Å². The molecule has 1 rings (SSSR count). The van der Waals surface area contributed by atoms with Crippen LogP contribution in [0.5, 0.6) is 0 Å². The van der Waals surface area contributed by atoms with Gasteiger partial charge in [-0.2, -0.15) is 0 Å². The lowest BCUT2D eigenvalue weighted by Gasteiger charge is -2.35. The number of nitrogens with two attached hydrogens (primary N) is 1. The van der Waals surface area contributed by atoms with E-state index in [4.69, 9.17) is 5.73 Å². The van der Waals surface area contributed by atoms with Crippen molar-refractivity contribution in [2.24, 2.45) is 5.73 Å². The van der Waals surface area contributed by atoms with Gasteiger partial charge in [0.25, 0.3) is 0 Å². The molecule has 2 heteroatoms. The molecule has 0 saturated heterocycles. The summed E-state index contributed by atoms with van der Waals surface area (Å²) >= 11 is 0. The van der Waals surface area contributed by atoms with Gasteiger partial charge in [-0.15, -0.1) is 0 Å². The van der Waals surface area contributed by atoms with Gasteiger partial charge in [-0.25, -0.2) is 0 Å². The largest absolute Gasteiger partial charge is 0.329 e. The van der Waals surface area contributed by atoms with Crippen LogP contribution in [0.4, 0.5) is 0 Å². The molecule has 10 heavy (non-hydrogen) atoms. The maximum Gasteiger partial charge on any atom is 0.0301 e. The highest BCUT2D eigenvalue weighted by atomic mass is 15.0. The minimum absolute atomic E-state index is 0.290. The lowest BCUT2D eigenvalue weighted by Crippen LogP contribution is -2.50. The summed E-state index contributed by atoms with van der Waals surface area (Å²) in [6.07, 6.45) is 6.61. The summed E-state index contributed by atoms with van der Waals surface area (Å²) in [6.45, 7) is 0.795. The van der Waals surface area contributed by atoms with Crippen LogP contribution in [0.15, 0.2) is 0 Å². The topological polar surface area (TPSA) is 38.0 Å². The van der Waals surface area contributed by atoms with Gasteiger partial charge < -0.3 is 11.1 Å². The highest BCUT2D eigenvalue weighted by Crippen LogP contribution is 2.26. The van der Waals surface area contributed by atoms with Crippen LogP contribution in [0.3, 0.4) is 0 Å². The predicted molar refractivity (Wildman–Crippen MR) is 43.9 cm³/mol. The maximum atomic E-state index is 5.69. The van der Waals surface area contributed by atoms with Crippen LogP contribution in [0.2, 0.25) is 0 Å². The molecule has 1 aliphatic rings. The third kappa shape index (κ3) is 1.50. The van der Waals surface area contributed by atoms with Crippen molar-refractivity contribution in [1.82, 2.24) is 5.32 Å². The van der Waals surface area contributed by atoms with Crippen LogP contribution in [-0.4, -0.2) is 19.1 Å². The Morgan fingerprint density at radius 3 is 2.20 bits per heavy atom. The first-order chi connectivity index (χ1) is 4.83. The number of hydrogen-bond acceptors (Lipinski definition) is 2. The Balaban J connectivity index is 2.44. The molecule has 0 spiro atoms. The van der Waals surface area contributed by atoms with Crippen LogP contribution < -0.4 is 11.1 Å². The molecule has 1 saturated carbocycles. The van der Waals surface area contributed by atoms with Crippen molar-refractivity contribution in [1.29, 1.82) is 0 Å². The van der Waals surface area contributed by atoms with Gasteiger partial charge in [-0.3, -0.25) is 0 Å². The molecule has 0 aromatic rings. The van der Waals surface area contributed by atoms with Gasteiger partial charge in [0.05, 0.1) is 0 Å². The molecule has 0 unspecified atom stereocenters. The number of nitrogens with one attached hydrogen (secondary N) is 1. The normalized spacial score (nSPS) is 24.6. The number of rotatable bonds is 2. The van der Waals surface area contributed by atoms with Crippen LogP contribution >= 0.6 is 0 Å². The van der Waals surface area contributed by atoms with Gasteiger partial charge in [0.2, 0.25) is 0 Å². The van der Waals surface area contributed by atoms with Gasteiger partial charge in [0.1, 0.15) is 0 Å². The highest BCUT2D eigenvalue weighted by Gasteiger charge is 2.27. The zero-order valence-electron chi connectivity index (χ0n) is 6.82. The maximum absolute atomic E-state index is 5.69. The Hall–Kier alpha value is -0.0800. The van der Waals surface area contributed by atoms with Gasteiger partial charge in [0, 0.05) is 12.1 Å². The molecule has 3 N–H and O–H groups in total. The molecular weight excluding hydrogens is 124 g/mol. The first-order valence-electron chi connectivity index (χ1n) is 4.22. The van der Waals surface area contributed by atoms with E-state index in [1.807, 2.05) is 7.05 Å². The molecule has 0 aromatic carbocycles. The average molecular weight is 142 g/mol. The molecule has 0 amide bonds. The quantitative estimate of drug-likeness (QED) is 0.600. The fourth-order valence-corrected chi connectivity index (χ4v) is 1.78. The molecule has 0 atom stereocenters. The van der Waals surface area contributed by atoms with Gasteiger partial charge >= 0.3 is 0 Å². The van der Waals surface area contributed by atoms with E-state index in [-0.39, 0.29) is 5.54 Å². The Kier molecular flexibility index (Phi) is 2.69. The summed E-state index contributed by atoms with van der Waals surface area (Å²) in [5.74, 6) is 0. The smallest absolute Gasteiger partial charge is 0.0301 e. The summed E-state index contributed by atoms with van der Waals surface area (Å²) in [5, 5.41) is 3.34. The predicted octanol–water partition coefficient (Wildman–Crippen LogP) is 0.867. The summed E-state index contributed by atoms with van der Waals surface area (Å²) in [5.41, 5.74) is 5.98. The zero-order valence-corrected chi connectivity index (χ0v) is 6.82. The van der Waals surface area contributed by atoms with Crippen LogP contribution in [-0.2, 0) is 0 Å². The lowest BCUT2D eigenvalue weighted by atomic mass is 9.82. The Morgan fingerprint density at radius 2 is 1.90 bits per heavy atom. The average Bonchev–Trinajstić information content (AvgIpc) is 2.06. The molecule has 1 fully saturated rings. The second kappa shape index (κ2) is 3.35. The minimum Gasteiger partial charge on any atom is -0.329 e. The van der Waals surface area contributed by atoms with Crippen molar-refractivity contribution in [3.8, 4) is 0 Å². The molecule has 0 radical (unpaired) electrons. The summed E-state index contributed by atoms with van der Waals surface area (Å²) in [7, 11) is 2.03. The molecule has 0 bridgehead atoms. The van der Waals surface area contributed by atoms with E-state index >= 15 is 0 Å². The van der Waals surface area contributed by atoms with Gasteiger partial charge in [0.15, 0.2) is 0 Å². The van der Waals surface area contributed by atoms with Crippen molar-refractivity contribution in [3.63, 3.8) is 0 Å². The fraction of sp³-hybridized carbons (Fsp3) is 1.00. The van der Waals surface area contributed by atoms with E-state index in [0.29, 0.717) is 0 Å². The van der Waals surface area contributed by atoms with Gasteiger partial charge in [-0.05, 0) is 19.9 Å². The van der Waals surface area contributed by atoms with E-state index in [0.717, 1.165) is 6.54 Å². The molecule has 2 nitrogen and oxygen atoms in total. The molecule has 0 aromatic heterocycles. The van der Waals surface area contributed by atoms with Crippen LogP contribution in [0.1, 0.15) is 32.1 Å². The van der Waals surface area contributed by atoms with Gasteiger partial charge in [-0.1, -0.05) is 19.3 Å². The summed E-state index contributed by atoms with van der Waals surface area (Å²) in [6, 6.07) is 0. The third-order valence-corrected chi connectivity index (χ3v) is 2.73. The van der Waals surface area contributed by atoms with Crippen LogP contribution in [0.25, 0.3) is 0 Å². The Labute approximate surface area is 63.2 Å². The van der Waals surface area contributed by atoms with Crippen molar-refractivity contribution >= 4 is 0 Å². The van der Waals surface area contributed by atoms with E-state index in [1.165, 1.54) is 32.1 Å². The van der Waals surface area contributed by atoms with E-state index in [1.54, 1.807) is 0 Å². The summed E-state index contributed by atoms with van der Waals surface area (Å²) < 4.78 is 0. The van der Waals surface area contributed by atoms with Crippen LogP contribution in [0, 0.1) is 0 Å². The molecule has 0 heterocycles. The fourth-order valence-electron chi connectivity index (χ4n) is 1.78. The van der Waals surface area contributed by atoms with Crippen molar-refractivity contribution in [2.75, 3.05) is 13.6 Å². The monoisotopic (exact) mass is 142 g/mol. The Morgan fingerprint density at radius 1 is 1.30 bits per heavy atom. The van der Waals surface area contributed by atoms with Crippen molar-refractivity contribution in [3.05, 3.63) is 0 Å². The van der Waals surface area contributed by atoms with E-state index < -0.39 is 0 Å². The van der Waals surface area contributed by atoms with E-state index in [2.05, 4.69) is 5.32 Å². The first kappa shape index (κ1) is 8.02. The first-order valence-corrected chi connectivity index (χ1v) is 4.22. The third-order valence-electron chi connectivity index (χ3n) is 2.73. The lowest BCUT2D eigenvalue weighted by molar-refractivity contribution is 0.255. The summed E-state index contributed by atoms with van der Waals surface area (Å²) in [4.78, 5) is 0. The minimum atomic E-state index is 0.290. The number of likely N-dealkylation sites (N-methyl/N-ethyl adjacent to an activating group) is 1. The zero-order chi connectivity index (χ0) is 7.45. The highest BCUT2D eigenvalue weighted by molar-refractivity contribution is 4.90. The Bertz CT molecular complexity index is 89.4. The molecule has 60 valence electrons. The standard InChI is InChI=1S/C8H18N2/c1-10-8(7-9)5-3-2-4-6-8/h10H,2-7,9H2,1H3. The molecule has 0 aliphatic heterocycles. The van der Waals surface area contributed by atoms with Crippen molar-refractivity contribution < 1.29 is 0 Å².